The number of hydrogen-bond donors (Lipinski definition) is 2. The van der Waals surface area contributed by atoms with E-state index in [-0.39, 0.29) is 33.4 Å². The Morgan fingerprint density at radius 1 is 0.642 bits per heavy atom. The minimum Gasteiger partial charge on any atom is -0.255 e. The molecule has 1 amide bonds. The van der Waals surface area contributed by atoms with Crippen LogP contribution in [0.25, 0.3) is 10.9 Å². The van der Waals surface area contributed by atoms with Crippen LogP contribution in [0.3, 0.4) is 0 Å². The number of nitrogens with one attached hydrogen (secondary N) is 2. The fraction of sp³-hybridized carbons (Fsp3) is 0.0816. The second-order valence-corrected chi connectivity index (χ2v) is 25.0. The van der Waals surface area contributed by atoms with Gasteiger partial charge in [0, 0.05) is 15.9 Å². The molecular formula is C49H35BrCl4F7N2O3P. The van der Waals surface area contributed by atoms with Crippen molar-refractivity contribution in [2.24, 2.45) is 0 Å². The molecule has 0 bridgehead atoms. The Balaban J connectivity index is 0.000000254. The number of hydrogen-bond acceptors (Lipinski definition) is 3. The minimum atomic E-state index is -5.11. The summed E-state index contributed by atoms with van der Waals surface area (Å²) >= 11 is 28.7. The van der Waals surface area contributed by atoms with Crippen molar-refractivity contribution in [2.45, 2.75) is 18.5 Å². The molecular weight excluding hydrogens is 1050 g/mol. The SMILES string of the molecule is FC(F)(F)c1cc2cc(Oc3ccc(Cl)cc3)c(Cl)cc2[nH]1.O=C(Nc1cc(Cl)c(Oc2ccc(Cl)cc2)cc1CP(Br)(c1ccccc1)(c1ccccc1)c1ccccc1)C(F)(F)F.[2H]CF. The van der Waals surface area contributed by atoms with Crippen LogP contribution in [-0.2, 0) is 17.1 Å². The van der Waals surface area contributed by atoms with Crippen LogP contribution in [0.1, 0.15) is 12.6 Å². The number of anilines is 1. The fourth-order valence-electron chi connectivity index (χ4n) is 7.00. The molecule has 8 aromatic rings. The number of benzene rings is 7. The Morgan fingerprint density at radius 3 is 1.48 bits per heavy atom. The van der Waals surface area contributed by atoms with E-state index >= 15 is 0 Å². The molecule has 67 heavy (non-hydrogen) atoms. The summed E-state index contributed by atoms with van der Waals surface area (Å²) in [5, 5.41) is 2.83. The van der Waals surface area contributed by atoms with Crippen LogP contribution in [0.5, 0.6) is 23.0 Å². The number of carbonyl (C=O) groups is 1. The molecule has 18 heteroatoms. The Bertz CT molecular complexity index is 2870. The van der Waals surface area contributed by atoms with E-state index in [1.165, 1.54) is 18.2 Å². The second-order valence-electron chi connectivity index (χ2n) is 14.4. The van der Waals surface area contributed by atoms with E-state index in [9.17, 15) is 35.5 Å². The summed E-state index contributed by atoms with van der Waals surface area (Å²) in [5.74, 6) is -0.725. The van der Waals surface area contributed by atoms with Crippen molar-refractivity contribution in [1.82, 2.24) is 4.98 Å². The third-order valence-electron chi connectivity index (χ3n) is 10.1. The molecule has 0 saturated carbocycles. The standard InChI is InChI=1S/C33H24BrCl2F3NO2P.C15H8Cl2F3NO.CH3F/c34-43(26-10-4-1-5-11-26,27-12-6-2-7-13-27,28-14-8-3-9-15-28)22-23-20-31(42-25-18-16-24(35)17-19-25)29(36)21-30(23)40-32(41)33(37,38)39;16-9-1-3-10(4-2-9)22-13-5-8-6-14(15(18,19)20)21-12(8)7-11(13)17;1-2/h1-21H,22H2,(H,40,41);1-7,21H;1H3/i;;1D. The third kappa shape index (κ3) is 11.9. The van der Waals surface area contributed by atoms with Crippen LogP contribution < -0.4 is 30.7 Å². The quantitative estimate of drug-likeness (QED) is 0.106. The van der Waals surface area contributed by atoms with Crippen LogP contribution in [0, 0.1) is 0 Å². The molecule has 0 radical (unpaired) electrons. The first-order valence-corrected chi connectivity index (χ1v) is 25.4. The number of fused-ring (bicyclic) bond motifs is 1. The number of alkyl halides is 7. The van der Waals surface area contributed by atoms with Crippen molar-refractivity contribution in [3.63, 3.8) is 0 Å². The molecule has 0 atom stereocenters. The van der Waals surface area contributed by atoms with Gasteiger partial charge >= 0.3 is 273 Å². The molecule has 0 aliphatic carbocycles. The largest absolute Gasteiger partial charge is 0.255 e. The number of aromatic amines is 1. The van der Waals surface area contributed by atoms with Gasteiger partial charge in [-0.25, -0.2) is 0 Å². The topological polar surface area (TPSA) is 63.4 Å². The Morgan fingerprint density at radius 2 is 1.06 bits per heavy atom. The third-order valence-corrected chi connectivity index (χ3v) is 20.7. The van der Waals surface area contributed by atoms with Gasteiger partial charge in [0.1, 0.15) is 17.2 Å². The maximum Gasteiger partial charge on any atom is 0.0785 e. The summed E-state index contributed by atoms with van der Waals surface area (Å²) in [4.78, 5) is 14.5. The molecule has 1 heterocycles. The maximum absolute atomic E-state index is 13.5. The van der Waals surface area contributed by atoms with Crippen molar-refractivity contribution in [1.29, 1.82) is 0 Å². The number of amides is 1. The molecule has 0 aliphatic heterocycles. The molecule has 0 fully saturated rings. The first-order chi connectivity index (χ1) is 32.2. The predicted octanol–water partition coefficient (Wildman–Crippen LogP) is 16.5. The van der Waals surface area contributed by atoms with Crippen LogP contribution in [0.4, 0.5) is 36.4 Å². The molecule has 0 unspecified atom stereocenters. The first kappa shape index (κ1) is 49.6. The Kier molecular flexibility index (Phi) is 15.8. The predicted molar refractivity (Wildman–Crippen MR) is 262 cm³/mol. The second kappa shape index (κ2) is 21.4. The van der Waals surface area contributed by atoms with Gasteiger partial charge < -0.3 is 9.72 Å². The van der Waals surface area contributed by atoms with E-state index in [0.29, 0.717) is 38.0 Å². The summed E-state index contributed by atoms with van der Waals surface area (Å²) in [6.07, 6.45) is -9.38. The first-order valence-electron chi connectivity index (χ1n) is 20.2. The van der Waals surface area contributed by atoms with E-state index in [0.717, 1.165) is 22.0 Å². The Hall–Kier alpha value is -5.27. The van der Waals surface area contributed by atoms with Crippen LogP contribution in [0.15, 0.2) is 170 Å². The summed E-state index contributed by atoms with van der Waals surface area (Å²) < 4.78 is 106. The fourth-order valence-corrected chi connectivity index (χ4v) is 15.3. The van der Waals surface area contributed by atoms with E-state index in [1.807, 2.05) is 91.0 Å². The van der Waals surface area contributed by atoms with E-state index in [2.05, 4.69) is 25.8 Å². The number of halogens is 12. The van der Waals surface area contributed by atoms with Gasteiger partial charge in [0.25, 0.3) is 0 Å². The van der Waals surface area contributed by atoms with Gasteiger partial charge in [-0.2, -0.15) is 13.2 Å². The smallest absolute Gasteiger partial charge is 0.0785 e. The van der Waals surface area contributed by atoms with Gasteiger partial charge in [-0.15, -0.1) is 0 Å². The van der Waals surface area contributed by atoms with Gasteiger partial charge in [-0.05, 0) is 42.5 Å². The Labute approximate surface area is 409 Å². The van der Waals surface area contributed by atoms with Gasteiger partial charge in [-0.1, -0.05) is 23.2 Å². The normalized spacial score (nSPS) is 12.3. The van der Waals surface area contributed by atoms with E-state index < -0.39 is 36.4 Å². The zero-order chi connectivity index (χ0) is 49.3. The molecule has 0 spiro atoms. The van der Waals surface area contributed by atoms with Crippen LogP contribution in [0.2, 0.25) is 20.1 Å². The zero-order valence-corrected chi connectivity index (χ0v) is 39.8. The molecule has 348 valence electrons. The van der Waals surface area contributed by atoms with Crippen LogP contribution >= 0.6 is 67.2 Å². The average molecular weight is 1090 g/mol. The van der Waals surface area contributed by atoms with E-state index in [1.54, 1.807) is 54.6 Å². The number of rotatable bonds is 10. The van der Waals surface area contributed by atoms with E-state index in [4.69, 9.17) is 57.2 Å². The number of carbonyl (C=O) groups excluding carboxylic acids is 1. The average Bonchev–Trinajstić information content (AvgIpc) is 3.74. The number of ether oxygens (including phenoxy) is 2. The van der Waals surface area contributed by atoms with Crippen molar-refractivity contribution in [3.8, 4) is 23.0 Å². The molecule has 0 aliphatic rings. The summed E-state index contributed by atoms with van der Waals surface area (Å²) in [5.41, 5.74) is -0.230. The summed E-state index contributed by atoms with van der Waals surface area (Å²) in [6, 6.07) is 49.2. The van der Waals surface area contributed by atoms with Gasteiger partial charge in [0.05, 0.1) is 13.5 Å². The molecule has 2 N–H and O–H groups in total. The minimum absolute atomic E-state index is 0.0187. The van der Waals surface area contributed by atoms with Gasteiger partial charge in [-0.3, -0.25) is 4.39 Å². The summed E-state index contributed by atoms with van der Waals surface area (Å²) in [7, 11) is -1.00. The zero-order valence-electron chi connectivity index (χ0n) is 35.3. The number of H-pyrrole nitrogens is 1. The molecule has 7 aromatic carbocycles. The van der Waals surface area contributed by atoms with Gasteiger partial charge in [0.15, 0.2) is 0 Å². The molecule has 0 saturated heterocycles. The van der Waals surface area contributed by atoms with Gasteiger partial charge in [0.2, 0.25) is 0 Å². The molecule has 5 nitrogen and oxygen atoms in total. The van der Waals surface area contributed by atoms with Crippen molar-refractivity contribution >= 4 is 106 Å². The molecule has 1 aromatic heterocycles. The monoisotopic (exact) mass is 1080 g/mol. The van der Waals surface area contributed by atoms with Crippen molar-refractivity contribution < 1.29 is 46.4 Å². The summed E-state index contributed by atoms with van der Waals surface area (Å²) in [6.45, 7) is 0. The van der Waals surface area contributed by atoms with Crippen molar-refractivity contribution in [2.75, 3.05) is 12.5 Å². The molecule has 8 rings (SSSR count). The maximum atomic E-state index is 13.5. The van der Waals surface area contributed by atoms with Crippen LogP contribution in [-0.4, -0.2) is 24.2 Å². The number of aromatic nitrogens is 1. The van der Waals surface area contributed by atoms with Crippen molar-refractivity contribution in [3.05, 3.63) is 201 Å².